The number of piperidine rings is 1. The van der Waals surface area contributed by atoms with E-state index < -0.39 is 5.97 Å². The van der Waals surface area contributed by atoms with Crippen LogP contribution in [0.2, 0.25) is 0 Å². The first kappa shape index (κ1) is 18.0. The Morgan fingerprint density at radius 1 is 1.21 bits per heavy atom. The Morgan fingerprint density at radius 3 is 2.64 bits per heavy atom. The van der Waals surface area contributed by atoms with Gasteiger partial charge in [0.1, 0.15) is 11.6 Å². The molecule has 1 aliphatic heterocycles. The first-order chi connectivity index (χ1) is 13.7. The Hall–Kier alpha value is -3.42. The van der Waals surface area contributed by atoms with Crippen molar-refractivity contribution in [2.75, 3.05) is 25.1 Å². The summed E-state index contributed by atoms with van der Waals surface area (Å²) in [5, 5.41) is 13.3. The third kappa shape index (κ3) is 3.53. The topological polar surface area (TPSA) is 102 Å². The molecule has 0 unspecified atom stereocenters. The van der Waals surface area contributed by atoms with Crippen molar-refractivity contribution >= 4 is 11.8 Å². The number of pyridine rings is 1. The van der Waals surface area contributed by atoms with Gasteiger partial charge in [0, 0.05) is 24.8 Å². The molecule has 3 heterocycles. The van der Waals surface area contributed by atoms with E-state index in [1.54, 1.807) is 13.3 Å². The Kier molecular flexibility index (Phi) is 4.92. The van der Waals surface area contributed by atoms with Crippen LogP contribution in [0.15, 0.2) is 47.1 Å². The van der Waals surface area contributed by atoms with Crippen LogP contribution in [0.1, 0.15) is 12.8 Å². The number of hydrogen-bond acceptors (Lipinski definition) is 7. The second kappa shape index (κ2) is 7.67. The zero-order valence-electron chi connectivity index (χ0n) is 15.4. The molecule has 8 nitrogen and oxygen atoms in total. The highest BCUT2D eigenvalue weighted by molar-refractivity contribution is 5.73. The van der Waals surface area contributed by atoms with Gasteiger partial charge in [0.15, 0.2) is 0 Å². The normalized spacial score (nSPS) is 14.8. The standard InChI is InChI=1S/C20H20N4O4/c1-27-15-6-4-13(5-7-15)17-22-19(28-23-17)16-3-2-10-21-18(16)24-11-8-14(9-12-24)20(25)26/h2-7,10,14H,8-9,11-12H2,1H3,(H,25,26). The molecular formula is C20H20N4O4. The van der Waals surface area contributed by atoms with Crippen molar-refractivity contribution in [3.8, 4) is 28.6 Å². The van der Waals surface area contributed by atoms with Crippen LogP contribution in [0.3, 0.4) is 0 Å². The van der Waals surface area contributed by atoms with Crippen molar-refractivity contribution in [1.29, 1.82) is 0 Å². The number of carboxylic acid groups (broad SMARTS) is 1. The second-order valence-electron chi connectivity index (χ2n) is 6.63. The summed E-state index contributed by atoms with van der Waals surface area (Å²) >= 11 is 0. The Bertz CT molecular complexity index is 962. The molecule has 1 N–H and O–H groups in total. The van der Waals surface area contributed by atoms with Gasteiger partial charge in [-0.1, -0.05) is 5.16 Å². The monoisotopic (exact) mass is 380 g/mol. The number of nitrogens with zero attached hydrogens (tertiary/aromatic N) is 4. The average Bonchev–Trinajstić information content (AvgIpc) is 3.24. The lowest BCUT2D eigenvalue weighted by atomic mass is 9.97. The van der Waals surface area contributed by atoms with Crippen LogP contribution < -0.4 is 9.64 Å². The van der Waals surface area contributed by atoms with Crippen molar-refractivity contribution in [2.45, 2.75) is 12.8 Å². The molecule has 28 heavy (non-hydrogen) atoms. The van der Waals surface area contributed by atoms with Gasteiger partial charge in [0.2, 0.25) is 5.82 Å². The van der Waals surface area contributed by atoms with Crippen molar-refractivity contribution in [3.05, 3.63) is 42.6 Å². The molecule has 0 amide bonds. The summed E-state index contributed by atoms with van der Waals surface area (Å²) < 4.78 is 10.7. The summed E-state index contributed by atoms with van der Waals surface area (Å²) in [6, 6.07) is 11.1. The molecule has 1 saturated heterocycles. The molecule has 1 fully saturated rings. The van der Waals surface area contributed by atoms with E-state index in [9.17, 15) is 9.90 Å². The maximum Gasteiger partial charge on any atom is 0.306 e. The number of carboxylic acids is 1. The highest BCUT2D eigenvalue weighted by Crippen LogP contribution is 2.32. The Balaban J connectivity index is 1.59. The maximum absolute atomic E-state index is 11.2. The number of anilines is 1. The predicted molar refractivity (Wildman–Crippen MR) is 102 cm³/mol. The molecule has 0 bridgehead atoms. The summed E-state index contributed by atoms with van der Waals surface area (Å²) in [4.78, 5) is 22.3. The van der Waals surface area contributed by atoms with E-state index in [1.807, 2.05) is 36.4 Å². The Morgan fingerprint density at radius 2 is 1.96 bits per heavy atom. The van der Waals surface area contributed by atoms with Crippen molar-refractivity contribution in [1.82, 2.24) is 15.1 Å². The van der Waals surface area contributed by atoms with Gasteiger partial charge >= 0.3 is 5.97 Å². The van der Waals surface area contributed by atoms with Crippen molar-refractivity contribution in [2.24, 2.45) is 5.92 Å². The largest absolute Gasteiger partial charge is 0.497 e. The molecular weight excluding hydrogens is 360 g/mol. The molecule has 4 rings (SSSR count). The number of carbonyl (C=O) groups is 1. The van der Waals surface area contributed by atoms with E-state index in [0.29, 0.717) is 37.6 Å². The van der Waals surface area contributed by atoms with Crippen LogP contribution >= 0.6 is 0 Å². The second-order valence-corrected chi connectivity index (χ2v) is 6.63. The number of rotatable bonds is 5. The third-order valence-corrected chi connectivity index (χ3v) is 4.94. The molecule has 1 aliphatic rings. The highest BCUT2D eigenvalue weighted by Gasteiger charge is 2.27. The Labute approximate surface area is 161 Å². The quantitative estimate of drug-likeness (QED) is 0.720. The smallest absolute Gasteiger partial charge is 0.306 e. The molecule has 1 aromatic carbocycles. The summed E-state index contributed by atoms with van der Waals surface area (Å²) in [6.45, 7) is 1.25. The first-order valence-corrected chi connectivity index (χ1v) is 9.07. The number of aromatic nitrogens is 3. The minimum Gasteiger partial charge on any atom is -0.497 e. The van der Waals surface area contributed by atoms with Gasteiger partial charge in [-0.2, -0.15) is 4.98 Å². The van der Waals surface area contributed by atoms with Gasteiger partial charge in [0.05, 0.1) is 18.6 Å². The number of aliphatic carboxylic acids is 1. The van der Waals surface area contributed by atoms with Gasteiger partial charge < -0.3 is 19.3 Å². The lowest BCUT2D eigenvalue weighted by Gasteiger charge is -2.31. The summed E-state index contributed by atoms with van der Waals surface area (Å²) in [5.74, 6) is 1.32. The first-order valence-electron chi connectivity index (χ1n) is 9.07. The van der Waals surface area contributed by atoms with Crippen LogP contribution in [0.4, 0.5) is 5.82 Å². The maximum atomic E-state index is 11.2. The fourth-order valence-electron chi connectivity index (χ4n) is 3.34. The van der Waals surface area contributed by atoms with E-state index in [0.717, 1.165) is 22.7 Å². The fourth-order valence-corrected chi connectivity index (χ4v) is 3.34. The summed E-state index contributed by atoms with van der Waals surface area (Å²) in [6.07, 6.45) is 2.89. The third-order valence-electron chi connectivity index (χ3n) is 4.94. The van der Waals surface area contributed by atoms with E-state index in [1.165, 1.54) is 0 Å². The van der Waals surface area contributed by atoms with Gasteiger partial charge in [-0.15, -0.1) is 0 Å². The molecule has 0 atom stereocenters. The number of hydrogen-bond donors (Lipinski definition) is 1. The van der Waals surface area contributed by atoms with Crippen molar-refractivity contribution < 1.29 is 19.2 Å². The van der Waals surface area contributed by atoms with Crippen LogP contribution in [0.5, 0.6) is 5.75 Å². The minimum atomic E-state index is -0.734. The SMILES string of the molecule is COc1ccc(-c2noc(-c3cccnc3N3CCC(C(=O)O)CC3)n2)cc1. The number of benzene rings is 1. The minimum absolute atomic E-state index is 0.298. The predicted octanol–water partition coefficient (Wildman–Crippen LogP) is 3.11. The van der Waals surface area contributed by atoms with Gasteiger partial charge in [0.25, 0.3) is 5.89 Å². The number of methoxy groups -OCH3 is 1. The van der Waals surface area contributed by atoms with E-state index in [2.05, 4.69) is 20.0 Å². The van der Waals surface area contributed by atoms with Crippen molar-refractivity contribution in [3.63, 3.8) is 0 Å². The van der Waals surface area contributed by atoms with E-state index in [-0.39, 0.29) is 5.92 Å². The molecule has 144 valence electrons. The summed E-state index contributed by atoms with van der Waals surface area (Å²) in [7, 11) is 1.62. The zero-order chi connectivity index (χ0) is 19.5. The van der Waals surface area contributed by atoms with Crippen LogP contribution in [0, 0.1) is 5.92 Å². The lowest BCUT2D eigenvalue weighted by molar-refractivity contribution is -0.142. The molecule has 3 aromatic rings. The molecule has 0 spiro atoms. The van der Waals surface area contributed by atoms with E-state index >= 15 is 0 Å². The lowest BCUT2D eigenvalue weighted by Crippen LogP contribution is -2.37. The zero-order valence-corrected chi connectivity index (χ0v) is 15.4. The van der Waals surface area contributed by atoms with Gasteiger partial charge in [-0.3, -0.25) is 4.79 Å². The van der Waals surface area contributed by atoms with Crippen LogP contribution in [0.25, 0.3) is 22.8 Å². The summed E-state index contributed by atoms with van der Waals surface area (Å²) in [5.41, 5.74) is 1.56. The van der Waals surface area contributed by atoms with Crippen LogP contribution in [-0.2, 0) is 4.79 Å². The molecule has 8 heteroatoms. The average molecular weight is 380 g/mol. The van der Waals surface area contributed by atoms with Gasteiger partial charge in [-0.05, 0) is 49.2 Å². The number of ether oxygens (including phenoxy) is 1. The highest BCUT2D eigenvalue weighted by atomic mass is 16.5. The molecule has 2 aromatic heterocycles. The van der Waals surface area contributed by atoms with Gasteiger partial charge in [-0.25, -0.2) is 4.98 Å². The molecule has 0 aliphatic carbocycles. The van der Waals surface area contributed by atoms with Crippen LogP contribution in [-0.4, -0.2) is 46.4 Å². The fraction of sp³-hybridized carbons (Fsp3) is 0.300. The molecule has 0 saturated carbocycles. The molecule has 0 radical (unpaired) electrons. The van der Waals surface area contributed by atoms with E-state index in [4.69, 9.17) is 9.26 Å².